The molecular weight excluding hydrogens is 284 g/mol. The molecule has 22 heavy (non-hydrogen) atoms. The second-order valence-electron chi connectivity index (χ2n) is 5.75. The number of amides is 1. The Balaban J connectivity index is 1.86. The van der Waals surface area contributed by atoms with Crippen LogP contribution in [-0.2, 0) is 17.8 Å². The number of aromatic amines is 1. The molecule has 0 aromatic carbocycles. The first-order chi connectivity index (χ1) is 10.4. The Morgan fingerprint density at radius 1 is 1.23 bits per heavy atom. The third-order valence-electron chi connectivity index (χ3n) is 2.60. The SMILES string of the molecule is CC(C)(C)OC(=O)Nc1[nH]ncc1CNCc1cncnc1. The number of rotatable bonds is 5. The Hall–Kier alpha value is -2.48. The van der Waals surface area contributed by atoms with Crippen LogP contribution in [0.3, 0.4) is 0 Å². The Bertz CT molecular complexity index is 605. The van der Waals surface area contributed by atoms with Crippen LogP contribution in [0.2, 0.25) is 0 Å². The summed E-state index contributed by atoms with van der Waals surface area (Å²) in [7, 11) is 0. The molecule has 0 aliphatic heterocycles. The van der Waals surface area contributed by atoms with Crippen molar-refractivity contribution in [2.45, 2.75) is 39.5 Å². The molecule has 118 valence electrons. The van der Waals surface area contributed by atoms with Crippen LogP contribution in [0.1, 0.15) is 31.9 Å². The summed E-state index contributed by atoms with van der Waals surface area (Å²) in [6.07, 6.45) is 6.11. The van der Waals surface area contributed by atoms with Gasteiger partial charge in [0.05, 0.1) is 6.20 Å². The number of ether oxygens (including phenoxy) is 1. The first-order valence-corrected chi connectivity index (χ1v) is 6.91. The molecule has 2 aromatic heterocycles. The predicted octanol–water partition coefficient (Wildman–Crippen LogP) is 1.84. The Morgan fingerprint density at radius 3 is 2.64 bits per heavy atom. The van der Waals surface area contributed by atoms with Crippen LogP contribution in [-0.4, -0.2) is 31.9 Å². The topological polar surface area (TPSA) is 105 Å². The van der Waals surface area contributed by atoms with Crippen LogP contribution in [0.25, 0.3) is 0 Å². The number of carbonyl (C=O) groups is 1. The fourth-order valence-corrected chi connectivity index (χ4v) is 1.72. The van der Waals surface area contributed by atoms with E-state index in [1.54, 1.807) is 18.6 Å². The maximum Gasteiger partial charge on any atom is 0.413 e. The van der Waals surface area contributed by atoms with Gasteiger partial charge in [0.1, 0.15) is 17.7 Å². The van der Waals surface area contributed by atoms with Crippen LogP contribution in [0.4, 0.5) is 10.6 Å². The molecule has 0 fully saturated rings. The molecule has 8 heteroatoms. The van der Waals surface area contributed by atoms with Crippen molar-refractivity contribution < 1.29 is 9.53 Å². The first kappa shape index (κ1) is 15.9. The fraction of sp³-hybridized carbons (Fsp3) is 0.429. The second-order valence-corrected chi connectivity index (χ2v) is 5.75. The van der Waals surface area contributed by atoms with Crippen molar-refractivity contribution in [3.05, 3.63) is 36.0 Å². The summed E-state index contributed by atoms with van der Waals surface area (Å²) in [4.78, 5) is 19.7. The third-order valence-corrected chi connectivity index (χ3v) is 2.60. The smallest absolute Gasteiger partial charge is 0.413 e. The number of H-pyrrole nitrogens is 1. The fourth-order valence-electron chi connectivity index (χ4n) is 1.72. The average Bonchev–Trinajstić information content (AvgIpc) is 2.85. The lowest BCUT2D eigenvalue weighted by molar-refractivity contribution is 0.0635. The van der Waals surface area contributed by atoms with Crippen molar-refractivity contribution in [2.75, 3.05) is 5.32 Å². The maximum atomic E-state index is 11.8. The summed E-state index contributed by atoms with van der Waals surface area (Å²) in [5, 5.41) is 12.6. The summed E-state index contributed by atoms with van der Waals surface area (Å²) in [5.74, 6) is 0.520. The Kier molecular flexibility index (Phi) is 5.05. The highest BCUT2D eigenvalue weighted by Crippen LogP contribution is 2.13. The number of hydrogen-bond acceptors (Lipinski definition) is 6. The van der Waals surface area contributed by atoms with E-state index in [2.05, 4.69) is 30.8 Å². The van der Waals surface area contributed by atoms with Crippen LogP contribution < -0.4 is 10.6 Å². The molecule has 0 unspecified atom stereocenters. The molecule has 3 N–H and O–H groups in total. The van der Waals surface area contributed by atoms with E-state index in [-0.39, 0.29) is 0 Å². The van der Waals surface area contributed by atoms with E-state index in [4.69, 9.17) is 4.74 Å². The van der Waals surface area contributed by atoms with E-state index in [1.807, 2.05) is 20.8 Å². The average molecular weight is 304 g/mol. The van der Waals surface area contributed by atoms with Crippen LogP contribution in [0, 0.1) is 0 Å². The standard InChI is InChI=1S/C14H20N6O2/c1-14(2,3)22-13(21)19-12-11(8-18-20-12)7-15-4-10-5-16-9-17-6-10/h5-6,8-9,15H,4,7H2,1-3H3,(H2,18,19,20,21). The molecule has 0 aliphatic carbocycles. The summed E-state index contributed by atoms with van der Waals surface area (Å²) in [6, 6.07) is 0. The number of hydrogen-bond donors (Lipinski definition) is 3. The van der Waals surface area contributed by atoms with Gasteiger partial charge in [0.2, 0.25) is 0 Å². The summed E-state index contributed by atoms with van der Waals surface area (Å²) in [6.45, 7) is 6.59. The largest absolute Gasteiger partial charge is 0.444 e. The lowest BCUT2D eigenvalue weighted by Gasteiger charge is -2.19. The van der Waals surface area contributed by atoms with Crippen molar-refractivity contribution in [3.63, 3.8) is 0 Å². The van der Waals surface area contributed by atoms with Gasteiger partial charge in [-0.2, -0.15) is 5.10 Å². The maximum absolute atomic E-state index is 11.8. The van der Waals surface area contributed by atoms with Gasteiger partial charge in [-0.1, -0.05) is 0 Å². The van der Waals surface area contributed by atoms with E-state index in [9.17, 15) is 4.79 Å². The first-order valence-electron chi connectivity index (χ1n) is 6.91. The second kappa shape index (κ2) is 6.99. The molecule has 0 atom stereocenters. The van der Waals surface area contributed by atoms with Crippen LogP contribution >= 0.6 is 0 Å². The molecule has 0 bridgehead atoms. The molecule has 0 spiro atoms. The normalized spacial score (nSPS) is 11.2. The molecule has 0 radical (unpaired) electrons. The number of anilines is 1. The van der Waals surface area contributed by atoms with Crippen molar-refractivity contribution in [2.24, 2.45) is 0 Å². The quantitative estimate of drug-likeness (QED) is 0.778. The molecule has 2 heterocycles. The zero-order valence-corrected chi connectivity index (χ0v) is 12.9. The number of carbonyl (C=O) groups excluding carboxylic acids is 1. The van der Waals surface area contributed by atoms with E-state index < -0.39 is 11.7 Å². The molecule has 1 amide bonds. The van der Waals surface area contributed by atoms with E-state index in [0.29, 0.717) is 18.9 Å². The van der Waals surface area contributed by atoms with E-state index in [1.165, 1.54) is 6.33 Å². The van der Waals surface area contributed by atoms with Crippen LogP contribution in [0.5, 0.6) is 0 Å². The lowest BCUT2D eigenvalue weighted by Crippen LogP contribution is -2.27. The minimum absolute atomic E-state index is 0.519. The number of nitrogens with zero attached hydrogens (tertiary/aromatic N) is 3. The van der Waals surface area contributed by atoms with E-state index >= 15 is 0 Å². The third kappa shape index (κ3) is 5.13. The van der Waals surface area contributed by atoms with Gasteiger partial charge in [0, 0.05) is 36.6 Å². The summed E-state index contributed by atoms with van der Waals surface area (Å²) in [5.41, 5.74) is 1.27. The van der Waals surface area contributed by atoms with Crippen LogP contribution in [0.15, 0.2) is 24.9 Å². The van der Waals surface area contributed by atoms with Crippen molar-refractivity contribution in [1.82, 2.24) is 25.5 Å². The molecule has 8 nitrogen and oxygen atoms in total. The van der Waals surface area contributed by atoms with Gasteiger partial charge in [-0.25, -0.2) is 14.8 Å². The molecule has 0 saturated heterocycles. The van der Waals surface area contributed by atoms with Gasteiger partial charge in [0.25, 0.3) is 0 Å². The minimum Gasteiger partial charge on any atom is -0.444 e. The molecule has 0 saturated carbocycles. The summed E-state index contributed by atoms with van der Waals surface area (Å²) >= 11 is 0. The Labute approximate surface area is 128 Å². The van der Waals surface area contributed by atoms with Gasteiger partial charge in [-0.15, -0.1) is 0 Å². The van der Waals surface area contributed by atoms with Crippen molar-refractivity contribution >= 4 is 11.9 Å². The molecule has 2 rings (SSSR count). The van der Waals surface area contributed by atoms with Gasteiger partial charge in [-0.3, -0.25) is 10.4 Å². The van der Waals surface area contributed by atoms with Gasteiger partial charge in [0.15, 0.2) is 0 Å². The van der Waals surface area contributed by atoms with E-state index in [0.717, 1.165) is 11.1 Å². The minimum atomic E-state index is -0.546. The monoisotopic (exact) mass is 304 g/mol. The Morgan fingerprint density at radius 2 is 1.95 bits per heavy atom. The highest BCUT2D eigenvalue weighted by atomic mass is 16.6. The molecular formula is C14H20N6O2. The highest BCUT2D eigenvalue weighted by molar-refractivity contribution is 5.84. The van der Waals surface area contributed by atoms with Crippen molar-refractivity contribution in [3.8, 4) is 0 Å². The lowest BCUT2D eigenvalue weighted by atomic mass is 10.2. The molecule has 2 aromatic rings. The van der Waals surface area contributed by atoms with Gasteiger partial charge in [-0.05, 0) is 20.8 Å². The number of aromatic nitrogens is 4. The zero-order chi connectivity index (χ0) is 16.0. The predicted molar refractivity (Wildman–Crippen MR) is 81.0 cm³/mol. The van der Waals surface area contributed by atoms with Crippen molar-refractivity contribution in [1.29, 1.82) is 0 Å². The highest BCUT2D eigenvalue weighted by Gasteiger charge is 2.17. The molecule has 0 aliphatic rings. The summed E-state index contributed by atoms with van der Waals surface area (Å²) < 4.78 is 5.21. The number of nitrogens with one attached hydrogen (secondary N) is 3. The van der Waals surface area contributed by atoms with Gasteiger partial charge < -0.3 is 10.1 Å². The van der Waals surface area contributed by atoms with Gasteiger partial charge >= 0.3 is 6.09 Å². The zero-order valence-electron chi connectivity index (χ0n) is 12.9.